The van der Waals surface area contributed by atoms with E-state index in [1.54, 1.807) is 42.5 Å². The Morgan fingerprint density at radius 2 is 1.83 bits per heavy atom. The SMILES string of the molecule is COc1ccc(C(O)=C2C(=O)C(=O)N(Cc3ccco3)[C@@H]2c2ccccc2F)cc1. The normalized spacial score (nSPS) is 18.1. The van der Waals surface area contributed by atoms with E-state index in [0.717, 1.165) is 0 Å². The molecule has 1 atom stereocenters. The number of halogens is 1. The molecule has 6 nitrogen and oxygen atoms in total. The highest BCUT2D eigenvalue weighted by atomic mass is 19.1. The zero-order chi connectivity index (χ0) is 21.3. The van der Waals surface area contributed by atoms with Gasteiger partial charge >= 0.3 is 0 Å². The van der Waals surface area contributed by atoms with Gasteiger partial charge in [-0.05, 0) is 42.5 Å². The number of ketones is 1. The van der Waals surface area contributed by atoms with Crippen LogP contribution in [0.1, 0.15) is 22.9 Å². The Hall–Kier alpha value is -3.87. The number of amides is 1. The van der Waals surface area contributed by atoms with Gasteiger partial charge in [-0.25, -0.2) is 4.39 Å². The average Bonchev–Trinajstić information content (AvgIpc) is 3.36. The number of carbonyl (C=O) groups excluding carboxylic acids is 2. The second-order valence-corrected chi connectivity index (χ2v) is 6.76. The molecule has 0 saturated carbocycles. The summed E-state index contributed by atoms with van der Waals surface area (Å²) in [7, 11) is 1.51. The van der Waals surface area contributed by atoms with Gasteiger partial charge in [-0.2, -0.15) is 0 Å². The number of hydrogen-bond donors (Lipinski definition) is 1. The number of hydrogen-bond acceptors (Lipinski definition) is 5. The third-order valence-corrected chi connectivity index (χ3v) is 5.01. The van der Waals surface area contributed by atoms with Crippen molar-refractivity contribution in [2.45, 2.75) is 12.6 Å². The van der Waals surface area contributed by atoms with Crippen LogP contribution in [0.3, 0.4) is 0 Å². The first-order valence-corrected chi connectivity index (χ1v) is 9.21. The van der Waals surface area contributed by atoms with E-state index < -0.39 is 23.5 Å². The summed E-state index contributed by atoms with van der Waals surface area (Å²) in [5.74, 6) is -1.70. The minimum absolute atomic E-state index is 0.0457. The second-order valence-electron chi connectivity index (χ2n) is 6.76. The third kappa shape index (κ3) is 3.34. The predicted octanol–water partition coefficient (Wildman–Crippen LogP) is 4.05. The molecular formula is C23H18FNO5. The third-order valence-electron chi connectivity index (χ3n) is 5.01. The Morgan fingerprint density at radius 3 is 2.47 bits per heavy atom. The van der Waals surface area contributed by atoms with Gasteiger partial charge in [0.1, 0.15) is 23.1 Å². The van der Waals surface area contributed by atoms with Crippen LogP contribution in [-0.4, -0.2) is 28.8 Å². The molecular weight excluding hydrogens is 389 g/mol. The van der Waals surface area contributed by atoms with Crippen LogP contribution in [-0.2, 0) is 16.1 Å². The maximum atomic E-state index is 14.7. The largest absolute Gasteiger partial charge is 0.507 e. The number of nitrogens with zero attached hydrogens (tertiary/aromatic N) is 1. The summed E-state index contributed by atoms with van der Waals surface area (Å²) in [6.45, 7) is -0.0457. The van der Waals surface area contributed by atoms with E-state index in [-0.39, 0.29) is 23.4 Å². The predicted molar refractivity (Wildman–Crippen MR) is 106 cm³/mol. The summed E-state index contributed by atoms with van der Waals surface area (Å²) in [4.78, 5) is 26.9. The lowest BCUT2D eigenvalue weighted by atomic mass is 9.95. The smallest absolute Gasteiger partial charge is 0.296 e. The molecule has 152 valence electrons. The number of furan rings is 1. The summed E-state index contributed by atoms with van der Waals surface area (Å²) >= 11 is 0. The van der Waals surface area contributed by atoms with E-state index in [1.165, 1.54) is 36.5 Å². The minimum Gasteiger partial charge on any atom is -0.507 e. The number of carbonyl (C=O) groups is 2. The molecule has 0 spiro atoms. The Labute approximate surface area is 171 Å². The van der Waals surface area contributed by atoms with Gasteiger partial charge in [0.05, 0.1) is 31.5 Å². The molecule has 4 rings (SSSR count). The first-order chi connectivity index (χ1) is 14.5. The van der Waals surface area contributed by atoms with E-state index in [2.05, 4.69) is 0 Å². The van der Waals surface area contributed by atoms with Crippen molar-refractivity contribution in [2.75, 3.05) is 7.11 Å². The molecule has 0 bridgehead atoms. The quantitative estimate of drug-likeness (QED) is 0.392. The van der Waals surface area contributed by atoms with E-state index >= 15 is 0 Å². The van der Waals surface area contributed by atoms with Crippen molar-refractivity contribution in [3.63, 3.8) is 0 Å². The Bertz CT molecular complexity index is 1120. The van der Waals surface area contributed by atoms with Crippen LogP contribution < -0.4 is 4.74 Å². The van der Waals surface area contributed by atoms with Crippen molar-refractivity contribution in [1.82, 2.24) is 4.90 Å². The van der Waals surface area contributed by atoms with Crippen LogP contribution in [0.5, 0.6) is 5.75 Å². The van der Waals surface area contributed by atoms with Crippen LogP contribution >= 0.6 is 0 Å². The molecule has 0 aliphatic carbocycles. The standard InChI is InChI=1S/C23H18FNO5/c1-29-15-10-8-14(9-11-15)21(26)19-20(17-6-2-3-7-18(17)24)25(23(28)22(19)27)13-16-5-4-12-30-16/h2-12,20,26H,13H2,1H3/t20-/m1/s1. The van der Waals surface area contributed by atoms with Crippen molar-refractivity contribution in [3.8, 4) is 5.75 Å². The van der Waals surface area contributed by atoms with Crippen LogP contribution in [0, 0.1) is 5.82 Å². The molecule has 30 heavy (non-hydrogen) atoms. The monoisotopic (exact) mass is 407 g/mol. The number of rotatable bonds is 5. The summed E-state index contributed by atoms with van der Waals surface area (Å²) in [5, 5.41) is 10.9. The van der Waals surface area contributed by atoms with Crippen molar-refractivity contribution in [3.05, 3.63) is 95.2 Å². The van der Waals surface area contributed by atoms with Crippen molar-refractivity contribution in [1.29, 1.82) is 0 Å². The van der Waals surface area contributed by atoms with E-state index in [0.29, 0.717) is 17.1 Å². The van der Waals surface area contributed by atoms with Crippen molar-refractivity contribution < 1.29 is 28.2 Å². The Morgan fingerprint density at radius 1 is 1.10 bits per heavy atom. The van der Waals surface area contributed by atoms with Gasteiger partial charge in [0, 0.05) is 11.1 Å². The number of methoxy groups -OCH3 is 1. The molecule has 1 amide bonds. The molecule has 3 aromatic rings. The molecule has 7 heteroatoms. The summed E-state index contributed by atoms with van der Waals surface area (Å²) in [6, 6.07) is 14.4. The highest BCUT2D eigenvalue weighted by Gasteiger charge is 2.47. The van der Waals surface area contributed by atoms with Crippen LogP contribution in [0.25, 0.3) is 5.76 Å². The number of aliphatic hydroxyl groups is 1. The van der Waals surface area contributed by atoms with Gasteiger partial charge in [-0.1, -0.05) is 18.2 Å². The maximum Gasteiger partial charge on any atom is 0.296 e. The zero-order valence-electron chi connectivity index (χ0n) is 16.0. The first kappa shape index (κ1) is 19.4. The first-order valence-electron chi connectivity index (χ1n) is 9.21. The van der Waals surface area contributed by atoms with Crippen LogP contribution in [0.4, 0.5) is 4.39 Å². The molecule has 2 aromatic carbocycles. The molecule has 1 saturated heterocycles. The summed E-state index contributed by atoms with van der Waals surface area (Å²) in [5.41, 5.74) is 0.244. The zero-order valence-corrected chi connectivity index (χ0v) is 16.0. The minimum atomic E-state index is -1.10. The Balaban J connectivity index is 1.87. The fraction of sp³-hybridized carbons (Fsp3) is 0.130. The van der Waals surface area contributed by atoms with E-state index in [9.17, 15) is 19.1 Å². The number of ether oxygens (including phenoxy) is 1. The van der Waals surface area contributed by atoms with Gasteiger partial charge in [0.15, 0.2) is 0 Å². The van der Waals surface area contributed by atoms with Crippen LogP contribution in [0.2, 0.25) is 0 Å². The molecule has 2 heterocycles. The number of benzene rings is 2. The lowest BCUT2D eigenvalue weighted by Crippen LogP contribution is -2.29. The van der Waals surface area contributed by atoms with Gasteiger partial charge in [0.2, 0.25) is 0 Å². The summed E-state index contributed by atoms with van der Waals surface area (Å²) < 4.78 is 25.1. The molecule has 1 aromatic heterocycles. The number of Topliss-reactive ketones (excluding diaryl/α,β-unsaturated/α-hetero) is 1. The summed E-state index contributed by atoms with van der Waals surface area (Å²) in [6.07, 6.45) is 1.45. The van der Waals surface area contributed by atoms with E-state index in [1.807, 2.05) is 0 Å². The number of aliphatic hydroxyl groups excluding tert-OH is 1. The van der Waals surface area contributed by atoms with Crippen molar-refractivity contribution in [2.24, 2.45) is 0 Å². The molecule has 1 aliphatic rings. The van der Waals surface area contributed by atoms with Gasteiger partial charge in [-0.15, -0.1) is 0 Å². The fourth-order valence-corrected chi connectivity index (χ4v) is 3.54. The Kier molecular flexibility index (Phi) is 5.10. The highest BCUT2D eigenvalue weighted by Crippen LogP contribution is 2.41. The lowest BCUT2D eigenvalue weighted by Gasteiger charge is -2.24. The molecule has 1 N–H and O–H groups in total. The fourth-order valence-electron chi connectivity index (χ4n) is 3.54. The number of likely N-dealkylation sites (tertiary alicyclic amines) is 1. The average molecular weight is 407 g/mol. The topological polar surface area (TPSA) is 80.0 Å². The molecule has 0 radical (unpaired) electrons. The van der Waals surface area contributed by atoms with Gasteiger partial charge in [-0.3, -0.25) is 9.59 Å². The van der Waals surface area contributed by atoms with E-state index in [4.69, 9.17) is 9.15 Å². The highest BCUT2D eigenvalue weighted by molar-refractivity contribution is 6.46. The van der Waals surface area contributed by atoms with Gasteiger partial charge < -0.3 is 19.2 Å². The lowest BCUT2D eigenvalue weighted by molar-refractivity contribution is -0.140. The maximum absolute atomic E-state index is 14.7. The van der Waals surface area contributed by atoms with Gasteiger partial charge in [0.25, 0.3) is 11.7 Å². The van der Waals surface area contributed by atoms with Crippen molar-refractivity contribution >= 4 is 17.4 Å². The molecule has 0 unspecified atom stereocenters. The van der Waals surface area contributed by atoms with Crippen LogP contribution in [0.15, 0.2) is 76.9 Å². The second kappa shape index (κ2) is 7.87. The molecule has 1 fully saturated rings. The molecule has 1 aliphatic heterocycles.